The lowest BCUT2D eigenvalue weighted by molar-refractivity contribution is -0.131. The Morgan fingerprint density at radius 3 is 2.62 bits per heavy atom. The first-order valence-electron chi connectivity index (χ1n) is 7.57. The molecule has 0 saturated carbocycles. The highest BCUT2D eigenvalue weighted by molar-refractivity contribution is 7.16. The van der Waals surface area contributed by atoms with E-state index in [4.69, 9.17) is 9.26 Å². The monoisotopic (exact) mass is 346 g/mol. The van der Waals surface area contributed by atoms with Crippen molar-refractivity contribution in [1.29, 1.82) is 0 Å². The molecule has 1 aliphatic heterocycles. The summed E-state index contributed by atoms with van der Waals surface area (Å²) in [5.74, 6) is -0.323. The number of rotatable bonds is 2. The van der Waals surface area contributed by atoms with Gasteiger partial charge >= 0.3 is 5.97 Å². The van der Waals surface area contributed by atoms with Crippen molar-refractivity contribution in [1.82, 2.24) is 5.16 Å². The highest BCUT2D eigenvalue weighted by atomic mass is 32.1. The van der Waals surface area contributed by atoms with Crippen LogP contribution in [0.2, 0.25) is 0 Å². The van der Waals surface area contributed by atoms with Gasteiger partial charge in [-0.15, -0.1) is 11.3 Å². The van der Waals surface area contributed by atoms with Gasteiger partial charge in [-0.1, -0.05) is 5.16 Å². The molecule has 1 N–H and O–H groups in total. The third-order valence-corrected chi connectivity index (χ3v) is 4.98. The molecule has 2 aromatic rings. The molecule has 6 nitrogen and oxygen atoms in total. The molecule has 0 fully saturated rings. The number of nitrogens with zero attached hydrogens (tertiary/aromatic N) is 2. The summed E-state index contributed by atoms with van der Waals surface area (Å²) in [6.07, 6.45) is 0.928. The number of aryl methyl sites for hydroxylation is 2. The minimum atomic E-state index is -1.10. The highest BCUT2D eigenvalue weighted by Crippen LogP contribution is 2.44. The topological polar surface area (TPSA) is 84.9 Å². The lowest BCUT2D eigenvalue weighted by atomic mass is 10.0. The summed E-state index contributed by atoms with van der Waals surface area (Å²) in [7, 11) is 0. The van der Waals surface area contributed by atoms with Crippen molar-refractivity contribution in [2.75, 3.05) is 0 Å². The molecule has 0 amide bonds. The van der Waals surface area contributed by atoms with Crippen LogP contribution in [0.15, 0.2) is 15.6 Å². The standard InChI is InChI=1S/C17H18N2O4S/c1-7(2)22-17-13-8(3)10(5)24-16(13)14-9(4)19-23-15(14)11(18-17)6-12(20)21/h6-7H,1-5H3,(H,20,21). The molecule has 1 aliphatic rings. The van der Waals surface area contributed by atoms with E-state index in [0.717, 1.165) is 32.5 Å². The summed E-state index contributed by atoms with van der Waals surface area (Å²) in [6.45, 7) is 9.71. The second kappa shape index (κ2) is 5.90. The van der Waals surface area contributed by atoms with Gasteiger partial charge in [0.05, 0.1) is 33.9 Å². The highest BCUT2D eigenvalue weighted by Gasteiger charge is 2.31. The number of thiophene rings is 1. The summed E-state index contributed by atoms with van der Waals surface area (Å²) in [6, 6.07) is 0. The van der Waals surface area contributed by atoms with Crippen molar-refractivity contribution in [2.24, 2.45) is 4.99 Å². The maximum atomic E-state index is 11.2. The molecule has 2 aromatic heterocycles. The normalized spacial score (nSPS) is 15.1. The quantitative estimate of drug-likeness (QED) is 0.833. The average Bonchev–Trinajstić information content (AvgIpc) is 2.94. The van der Waals surface area contributed by atoms with Gasteiger partial charge in [0, 0.05) is 4.88 Å². The first-order chi connectivity index (χ1) is 11.3. The summed E-state index contributed by atoms with van der Waals surface area (Å²) < 4.78 is 11.3. The van der Waals surface area contributed by atoms with E-state index in [2.05, 4.69) is 10.1 Å². The molecule has 0 aromatic carbocycles. The van der Waals surface area contributed by atoms with E-state index in [1.54, 1.807) is 11.3 Å². The number of aromatic nitrogens is 1. The Hall–Kier alpha value is -2.41. The van der Waals surface area contributed by atoms with Crippen molar-refractivity contribution in [3.05, 3.63) is 33.5 Å². The zero-order chi connectivity index (χ0) is 17.6. The minimum Gasteiger partial charge on any atom is -0.478 e. The Balaban J connectivity index is 2.37. The van der Waals surface area contributed by atoms with Crippen molar-refractivity contribution >= 4 is 28.9 Å². The first-order valence-corrected chi connectivity index (χ1v) is 8.38. The van der Waals surface area contributed by atoms with Crippen molar-refractivity contribution in [3.63, 3.8) is 0 Å². The van der Waals surface area contributed by atoms with Gasteiger partial charge in [0.25, 0.3) is 0 Å². The van der Waals surface area contributed by atoms with E-state index in [0.29, 0.717) is 17.4 Å². The number of carbonyl (C=O) groups is 1. The second-order valence-electron chi connectivity index (χ2n) is 5.91. The fourth-order valence-electron chi connectivity index (χ4n) is 2.61. The zero-order valence-electron chi connectivity index (χ0n) is 14.1. The van der Waals surface area contributed by atoms with Crippen LogP contribution in [0.1, 0.15) is 41.3 Å². The van der Waals surface area contributed by atoms with Crippen LogP contribution in [-0.2, 0) is 9.53 Å². The van der Waals surface area contributed by atoms with E-state index >= 15 is 0 Å². The number of aliphatic imine (C=N–C) groups is 1. The van der Waals surface area contributed by atoms with Crippen LogP contribution in [0, 0.1) is 20.8 Å². The van der Waals surface area contributed by atoms with Crippen molar-refractivity contribution in [2.45, 2.75) is 40.7 Å². The fourth-order valence-corrected chi connectivity index (χ4v) is 3.86. The summed E-state index contributed by atoms with van der Waals surface area (Å²) >= 11 is 1.61. The molecule has 0 unspecified atom stereocenters. The Bertz CT molecular complexity index is 887. The second-order valence-corrected chi connectivity index (χ2v) is 7.14. The summed E-state index contributed by atoms with van der Waals surface area (Å²) in [5, 5.41) is 13.2. The maximum Gasteiger partial charge on any atom is 0.330 e. The number of ether oxygens (including phenoxy) is 1. The first kappa shape index (κ1) is 16.4. The molecule has 0 atom stereocenters. The Morgan fingerprint density at radius 2 is 2.00 bits per heavy atom. The number of hydrogen-bond donors (Lipinski definition) is 1. The van der Waals surface area contributed by atoms with E-state index in [1.807, 2.05) is 34.6 Å². The van der Waals surface area contributed by atoms with Gasteiger partial charge in [0.15, 0.2) is 5.76 Å². The van der Waals surface area contributed by atoms with Crippen molar-refractivity contribution in [3.8, 4) is 10.4 Å². The predicted octanol–water partition coefficient (Wildman–Crippen LogP) is 3.94. The molecule has 0 saturated heterocycles. The van der Waals surface area contributed by atoms with E-state index in [-0.39, 0.29) is 11.8 Å². The minimum absolute atomic E-state index is 0.0918. The van der Waals surface area contributed by atoms with Crippen LogP contribution in [0.3, 0.4) is 0 Å². The lowest BCUT2D eigenvalue weighted by Crippen LogP contribution is -2.14. The van der Waals surface area contributed by atoms with Crippen LogP contribution >= 0.6 is 11.3 Å². The maximum absolute atomic E-state index is 11.2. The number of fused-ring (bicyclic) bond motifs is 3. The van der Waals surface area contributed by atoms with Crippen molar-refractivity contribution < 1.29 is 19.2 Å². The molecule has 0 spiro atoms. The Labute approximate surface area is 143 Å². The number of aliphatic carboxylic acids is 1. The largest absolute Gasteiger partial charge is 0.478 e. The number of hydrogen-bond acceptors (Lipinski definition) is 6. The van der Waals surface area contributed by atoms with Crippen LogP contribution in [0.4, 0.5) is 0 Å². The average molecular weight is 346 g/mol. The molecule has 3 rings (SSSR count). The van der Waals surface area contributed by atoms with Gasteiger partial charge in [0.2, 0.25) is 5.90 Å². The van der Waals surface area contributed by atoms with E-state index in [9.17, 15) is 9.90 Å². The zero-order valence-corrected chi connectivity index (χ0v) is 14.9. The SMILES string of the molecule is Cc1noc2c1-c1sc(C)c(C)c1C(OC(C)C)=NC2=CC(=O)O. The third-order valence-electron chi connectivity index (χ3n) is 3.75. The molecular weight excluding hydrogens is 328 g/mol. The molecular formula is C17H18N2O4S. The Morgan fingerprint density at radius 1 is 1.29 bits per heavy atom. The van der Waals surface area contributed by atoms with Gasteiger partial charge in [-0.05, 0) is 40.2 Å². The molecule has 24 heavy (non-hydrogen) atoms. The van der Waals surface area contributed by atoms with E-state index in [1.165, 1.54) is 0 Å². The van der Waals surface area contributed by atoms with Gasteiger partial charge in [-0.25, -0.2) is 9.79 Å². The molecule has 0 radical (unpaired) electrons. The van der Waals surface area contributed by atoms with Crippen LogP contribution in [0.5, 0.6) is 0 Å². The van der Waals surface area contributed by atoms with Crippen LogP contribution in [0.25, 0.3) is 16.1 Å². The Kier molecular flexibility index (Phi) is 4.04. The lowest BCUT2D eigenvalue weighted by Gasteiger charge is -2.13. The fraction of sp³-hybridized carbons (Fsp3) is 0.353. The van der Waals surface area contributed by atoms with E-state index < -0.39 is 5.97 Å². The third kappa shape index (κ3) is 2.65. The smallest absolute Gasteiger partial charge is 0.330 e. The molecule has 126 valence electrons. The number of carboxylic acid groups (broad SMARTS) is 1. The van der Waals surface area contributed by atoms with Crippen LogP contribution < -0.4 is 0 Å². The van der Waals surface area contributed by atoms with Crippen LogP contribution in [-0.4, -0.2) is 28.2 Å². The van der Waals surface area contributed by atoms with Gasteiger partial charge < -0.3 is 14.4 Å². The molecule has 0 aliphatic carbocycles. The van der Waals surface area contributed by atoms with Gasteiger partial charge in [-0.3, -0.25) is 0 Å². The number of carboxylic acids is 1. The summed E-state index contributed by atoms with van der Waals surface area (Å²) in [4.78, 5) is 17.8. The van der Waals surface area contributed by atoms with Gasteiger partial charge in [0.1, 0.15) is 5.70 Å². The molecule has 7 heteroatoms. The predicted molar refractivity (Wildman–Crippen MR) is 92.4 cm³/mol. The summed E-state index contributed by atoms with van der Waals surface area (Å²) in [5.41, 5.74) is 3.63. The molecule has 3 heterocycles. The molecule has 0 bridgehead atoms. The van der Waals surface area contributed by atoms with Gasteiger partial charge in [-0.2, -0.15) is 0 Å².